The standard InChI is InChI=1S/C15H20N4O3/c1-8-5-6-9(2)13(10(8)3)22-7-12(20)16-11(4)14-17-15(21)19-18-14/h5-6,11H,7H2,1-4H3,(H,16,20)(H2,17,18,19,21)/t11-/m1/s1. The van der Waals surface area contributed by atoms with Gasteiger partial charge in [-0.3, -0.25) is 9.78 Å². The third kappa shape index (κ3) is 3.55. The monoisotopic (exact) mass is 304 g/mol. The van der Waals surface area contributed by atoms with Crippen LogP contribution in [0.1, 0.15) is 35.5 Å². The van der Waals surface area contributed by atoms with E-state index in [0.717, 1.165) is 22.4 Å². The van der Waals surface area contributed by atoms with Gasteiger partial charge in [0.2, 0.25) is 0 Å². The summed E-state index contributed by atoms with van der Waals surface area (Å²) in [5.74, 6) is 0.828. The highest BCUT2D eigenvalue weighted by Crippen LogP contribution is 2.25. The van der Waals surface area contributed by atoms with Crippen LogP contribution in [-0.2, 0) is 4.79 Å². The molecule has 1 aromatic heterocycles. The van der Waals surface area contributed by atoms with Crippen molar-refractivity contribution in [3.63, 3.8) is 0 Å². The first-order chi connectivity index (χ1) is 10.4. The van der Waals surface area contributed by atoms with Gasteiger partial charge in [-0.25, -0.2) is 9.89 Å². The van der Waals surface area contributed by atoms with Gasteiger partial charge in [-0.1, -0.05) is 12.1 Å². The van der Waals surface area contributed by atoms with Crippen molar-refractivity contribution in [1.29, 1.82) is 0 Å². The summed E-state index contributed by atoms with van der Waals surface area (Å²) in [7, 11) is 0. The van der Waals surface area contributed by atoms with Crippen LogP contribution in [0, 0.1) is 20.8 Å². The van der Waals surface area contributed by atoms with E-state index in [1.54, 1.807) is 6.92 Å². The lowest BCUT2D eigenvalue weighted by molar-refractivity contribution is -0.123. The minimum absolute atomic E-state index is 0.0931. The molecule has 2 rings (SSSR count). The molecule has 1 aromatic carbocycles. The number of nitrogens with one attached hydrogen (secondary N) is 3. The zero-order valence-electron chi connectivity index (χ0n) is 13.1. The number of amides is 1. The number of nitrogens with zero attached hydrogens (tertiary/aromatic N) is 1. The lowest BCUT2D eigenvalue weighted by atomic mass is 10.1. The van der Waals surface area contributed by atoms with E-state index in [4.69, 9.17) is 4.74 Å². The molecule has 0 aliphatic heterocycles. The highest BCUT2D eigenvalue weighted by atomic mass is 16.5. The minimum Gasteiger partial charge on any atom is -0.483 e. The molecule has 3 N–H and O–H groups in total. The molecule has 1 atom stereocenters. The predicted octanol–water partition coefficient (Wildman–Crippen LogP) is 1.28. The summed E-state index contributed by atoms with van der Waals surface area (Å²) in [5.41, 5.74) is 2.72. The van der Waals surface area contributed by atoms with E-state index in [0.29, 0.717) is 5.82 Å². The highest BCUT2D eigenvalue weighted by molar-refractivity contribution is 5.78. The van der Waals surface area contributed by atoms with Crippen molar-refractivity contribution in [2.45, 2.75) is 33.7 Å². The third-order valence-corrected chi connectivity index (χ3v) is 3.53. The maximum absolute atomic E-state index is 11.9. The van der Waals surface area contributed by atoms with Gasteiger partial charge in [-0.15, -0.1) is 0 Å². The quantitative estimate of drug-likeness (QED) is 0.774. The molecule has 0 bridgehead atoms. The minimum atomic E-state index is -0.408. The molecule has 1 amide bonds. The van der Waals surface area contributed by atoms with Gasteiger partial charge in [0.15, 0.2) is 12.4 Å². The number of hydrogen-bond donors (Lipinski definition) is 3. The molecule has 0 radical (unpaired) electrons. The molecule has 7 heteroatoms. The predicted molar refractivity (Wildman–Crippen MR) is 81.9 cm³/mol. The number of H-pyrrole nitrogens is 2. The first kappa shape index (κ1) is 15.8. The Morgan fingerprint density at radius 1 is 1.32 bits per heavy atom. The fourth-order valence-electron chi connectivity index (χ4n) is 2.13. The number of rotatable bonds is 5. The van der Waals surface area contributed by atoms with Crippen LogP contribution in [0.3, 0.4) is 0 Å². The fourth-order valence-corrected chi connectivity index (χ4v) is 2.13. The Morgan fingerprint density at radius 2 is 2.00 bits per heavy atom. The summed E-state index contributed by atoms with van der Waals surface area (Å²) >= 11 is 0. The van der Waals surface area contributed by atoms with Crippen LogP contribution in [0.25, 0.3) is 0 Å². The van der Waals surface area contributed by atoms with Crippen LogP contribution in [-0.4, -0.2) is 27.7 Å². The number of aryl methyl sites for hydroxylation is 2. The molecular weight excluding hydrogens is 284 g/mol. The topological polar surface area (TPSA) is 99.9 Å². The highest BCUT2D eigenvalue weighted by Gasteiger charge is 2.14. The Labute approximate surface area is 128 Å². The molecule has 118 valence electrons. The molecule has 1 heterocycles. The molecule has 0 aliphatic carbocycles. The van der Waals surface area contributed by atoms with E-state index in [9.17, 15) is 9.59 Å². The van der Waals surface area contributed by atoms with Crippen LogP contribution in [0.4, 0.5) is 0 Å². The van der Waals surface area contributed by atoms with Crippen molar-refractivity contribution in [2.24, 2.45) is 0 Å². The number of carbonyl (C=O) groups excluding carboxylic acids is 1. The number of ether oxygens (including phenoxy) is 1. The molecule has 0 saturated carbocycles. The van der Waals surface area contributed by atoms with Gasteiger partial charge < -0.3 is 10.1 Å². The molecule has 7 nitrogen and oxygen atoms in total. The fraction of sp³-hybridized carbons (Fsp3) is 0.400. The molecule has 0 spiro atoms. The molecule has 0 fully saturated rings. The Morgan fingerprint density at radius 3 is 2.64 bits per heavy atom. The van der Waals surface area contributed by atoms with E-state index in [-0.39, 0.29) is 12.5 Å². The van der Waals surface area contributed by atoms with Crippen LogP contribution < -0.4 is 15.7 Å². The van der Waals surface area contributed by atoms with Crippen LogP contribution in [0.15, 0.2) is 16.9 Å². The Balaban J connectivity index is 1.96. The molecule has 0 saturated heterocycles. The maximum Gasteiger partial charge on any atom is 0.340 e. The number of hydrogen-bond acceptors (Lipinski definition) is 4. The average molecular weight is 304 g/mol. The van der Waals surface area contributed by atoms with Gasteiger partial charge >= 0.3 is 5.69 Å². The number of aromatic nitrogens is 3. The summed E-state index contributed by atoms with van der Waals surface area (Å²) in [6.45, 7) is 7.54. The zero-order chi connectivity index (χ0) is 16.3. The van der Waals surface area contributed by atoms with E-state index in [1.807, 2.05) is 32.9 Å². The van der Waals surface area contributed by atoms with Crippen molar-refractivity contribution in [3.05, 3.63) is 45.1 Å². The van der Waals surface area contributed by atoms with Crippen LogP contribution >= 0.6 is 0 Å². The summed E-state index contributed by atoms with van der Waals surface area (Å²) < 4.78 is 5.64. The van der Waals surface area contributed by atoms with Crippen molar-refractivity contribution in [2.75, 3.05) is 6.61 Å². The van der Waals surface area contributed by atoms with E-state index in [2.05, 4.69) is 20.5 Å². The Bertz CT molecular complexity index is 733. The summed E-state index contributed by atoms with van der Waals surface area (Å²) in [5, 5.41) is 8.75. The molecular formula is C15H20N4O3. The van der Waals surface area contributed by atoms with E-state index < -0.39 is 11.7 Å². The zero-order valence-corrected chi connectivity index (χ0v) is 13.1. The van der Waals surface area contributed by atoms with Gasteiger partial charge in [0.1, 0.15) is 5.75 Å². The van der Waals surface area contributed by atoms with Crippen molar-refractivity contribution < 1.29 is 9.53 Å². The lowest BCUT2D eigenvalue weighted by Crippen LogP contribution is -2.32. The second kappa shape index (κ2) is 6.46. The average Bonchev–Trinajstić information content (AvgIpc) is 2.90. The second-order valence-corrected chi connectivity index (χ2v) is 5.29. The number of aromatic amines is 2. The summed E-state index contributed by atoms with van der Waals surface area (Å²) in [4.78, 5) is 25.4. The van der Waals surface area contributed by atoms with Crippen molar-refractivity contribution >= 4 is 5.91 Å². The first-order valence-corrected chi connectivity index (χ1v) is 7.02. The Kier molecular flexibility index (Phi) is 4.65. The third-order valence-electron chi connectivity index (χ3n) is 3.53. The number of carbonyl (C=O) groups is 1. The largest absolute Gasteiger partial charge is 0.483 e. The smallest absolute Gasteiger partial charge is 0.340 e. The Hall–Kier alpha value is -2.57. The molecule has 0 unspecified atom stereocenters. The van der Waals surface area contributed by atoms with Crippen molar-refractivity contribution in [1.82, 2.24) is 20.5 Å². The van der Waals surface area contributed by atoms with Gasteiger partial charge in [-0.05, 0) is 44.4 Å². The van der Waals surface area contributed by atoms with Crippen LogP contribution in [0.2, 0.25) is 0 Å². The molecule has 22 heavy (non-hydrogen) atoms. The lowest BCUT2D eigenvalue weighted by Gasteiger charge is -2.15. The molecule has 2 aromatic rings. The summed E-state index contributed by atoms with van der Waals surface area (Å²) in [6, 6.07) is 3.58. The van der Waals surface area contributed by atoms with Gasteiger partial charge in [0, 0.05) is 0 Å². The SMILES string of the molecule is Cc1ccc(C)c(OCC(=O)N[C@H](C)c2n[nH]c(=O)[nH]2)c1C. The van der Waals surface area contributed by atoms with E-state index in [1.165, 1.54) is 0 Å². The number of benzene rings is 1. The van der Waals surface area contributed by atoms with Crippen molar-refractivity contribution in [3.8, 4) is 5.75 Å². The van der Waals surface area contributed by atoms with Gasteiger partial charge in [-0.2, -0.15) is 5.10 Å². The first-order valence-electron chi connectivity index (χ1n) is 7.02. The van der Waals surface area contributed by atoms with Crippen LogP contribution in [0.5, 0.6) is 5.75 Å². The normalized spacial score (nSPS) is 12.0. The molecule has 0 aliphatic rings. The second-order valence-electron chi connectivity index (χ2n) is 5.29. The van der Waals surface area contributed by atoms with Gasteiger partial charge in [0.25, 0.3) is 5.91 Å². The maximum atomic E-state index is 11.9. The van der Waals surface area contributed by atoms with Gasteiger partial charge in [0.05, 0.1) is 6.04 Å². The van der Waals surface area contributed by atoms with E-state index >= 15 is 0 Å². The summed E-state index contributed by atoms with van der Waals surface area (Å²) in [6.07, 6.45) is 0.